The number of carbonyl (C=O) groups is 3. The van der Waals surface area contributed by atoms with Gasteiger partial charge in [0.2, 0.25) is 5.91 Å². The number of ketones is 1. The van der Waals surface area contributed by atoms with E-state index in [0.717, 1.165) is 13.1 Å². The minimum atomic E-state index is -0.443. The van der Waals surface area contributed by atoms with E-state index >= 15 is 0 Å². The molecule has 154 valence electrons. The van der Waals surface area contributed by atoms with Crippen LogP contribution in [0.4, 0.5) is 0 Å². The highest BCUT2D eigenvalue weighted by Gasteiger charge is 2.30. The molecule has 28 heavy (non-hydrogen) atoms. The zero-order chi connectivity index (χ0) is 20.8. The fraction of sp³-hybridized carbons (Fsp3) is 0.550. The highest BCUT2D eigenvalue weighted by atomic mass is 16.5. The second-order valence-corrected chi connectivity index (χ2v) is 7.06. The molecule has 1 unspecified atom stereocenters. The Bertz CT molecular complexity index is 748. The average Bonchev–Trinajstić information content (AvgIpc) is 2.99. The van der Waals surface area contributed by atoms with Gasteiger partial charge in [0.15, 0.2) is 5.78 Å². The van der Waals surface area contributed by atoms with Crippen molar-refractivity contribution in [2.24, 2.45) is 0 Å². The van der Waals surface area contributed by atoms with Crippen LogP contribution in [0.25, 0.3) is 0 Å². The summed E-state index contributed by atoms with van der Waals surface area (Å²) < 4.78 is 4.81. The Morgan fingerprint density at radius 1 is 1.25 bits per heavy atom. The smallest absolute Gasteiger partial charge is 0.339 e. The van der Waals surface area contributed by atoms with Crippen LogP contribution in [0, 0.1) is 13.8 Å². The number of carbonyl (C=O) groups excluding carboxylic acids is 3. The molecule has 1 aliphatic rings. The Morgan fingerprint density at radius 2 is 1.89 bits per heavy atom. The molecule has 0 spiro atoms. The lowest BCUT2D eigenvalue weighted by atomic mass is 10.0. The maximum Gasteiger partial charge on any atom is 0.339 e. The van der Waals surface area contributed by atoms with Gasteiger partial charge in [-0.25, -0.2) is 4.79 Å². The Morgan fingerprint density at radius 3 is 2.46 bits per heavy atom. The van der Waals surface area contributed by atoms with Gasteiger partial charge >= 0.3 is 5.97 Å². The standard InChI is InChI=1S/C20H30N4O4/c1-6-7-21-16(25)12-23-8-10-24(11-9-23)15(4)19(26)18-13(2)17(14(3)22-18)20(27)28-5/h6,15,22H,1,7-12H2,2-5H3,(H,21,25). The number of hydrogen-bond donors (Lipinski definition) is 2. The molecule has 8 heteroatoms. The first-order chi connectivity index (χ1) is 13.3. The first kappa shape index (κ1) is 21.8. The molecule has 2 N–H and O–H groups in total. The number of Topliss-reactive ketones (excluding diaryl/α,β-unsaturated/α-hetero) is 1. The predicted molar refractivity (Wildman–Crippen MR) is 107 cm³/mol. The number of aromatic amines is 1. The second-order valence-electron chi connectivity index (χ2n) is 7.06. The number of ether oxygens (including phenoxy) is 1. The zero-order valence-corrected chi connectivity index (χ0v) is 17.1. The topological polar surface area (TPSA) is 94.7 Å². The lowest BCUT2D eigenvalue weighted by Gasteiger charge is -2.37. The minimum Gasteiger partial charge on any atom is -0.465 e. The van der Waals surface area contributed by atoms with Gasteiger partial charge < -0.3 is 15.0 Å². The summed E-state index contributed by atoms with van der Waals surface area (Å²) in [4.78, 5) is 44.0. The van der Waals surface area contributed by atoms with E-state index in [4.69, 9.17) is 4.74 Å². The van der Waals surface area contributed by atoms with E-state index in [-0.39, 0.29) is 17.7 Å². The van der Waals surface area contributed by atoms with Crippen molar-refractivity contribution in [3.63, 3.8) is 0 Å². The lowest BCUT2D eigenvalue weighted by molar-refractivity contribution is -0.122. The van der Waals surface area contributed by atoms with Gasteiger partial charge in [0.05, 0.1) is 31.0 Å². The zero-order valence-electron chi connectivity index (χ0n) is 17.1. The van der Waals surface area contributed by atoms with Gasteiger partial charge in [-0.05, 0) is 26.3 Å². The van der Waals surface area contributed by atoms with Crippen LogP contribution >= 0.6 is 0 Å². The maximum absolute atomic E-state index is 13.0. The summed E-state index contributed by atoms with van der Waals surface area (Å²) >= 11 is 0. The number of hydrogen-bond acceptors (Lipinski definition) is 6. The SMILES string of the molecule is C=CCNC(=O)CN1CCN(C(C)C(=O)c2[nH]c(C)c(C(=O)OC)c2C)CC1. The molecular weight excluding hydrogens is 360 g/mol. The monoisotopic (exact) mass is 390 g/mol. The van der Waals surface area contributed by atoms with Gasteiger partial charge in [-0.3, -0.25) is 19.4 Å². The Hall–Kier alpha value is -2.45. The van der Waals surface area contributed by atoms with Crippen LogP contribution in [0.15, 0.2) is 12.7 Å². The molecule has 1 aromatic rings. The number of methoxy groups -OCH3 is 1. The van der Waals surface area contributed by atoms with Gasteiger partial charge in [-0.2, -0.15) is 0 Å². The lowest BCUT2D eigenvalue weighted by Crippen LogP contribution is -2.53. The summed E-state index contributed by atoms with van der Waals surface area (Å²) in [5.74, 6) is -0.514. The van der Waals surface area contributed by atoms with Crippen LogP contribution in [0.2, 0.25) is 0 Å². The third-order valence-electron chi connectivity index (χ3n) is 5.22. The molecule has 1 atom stereocenters. The third-order valence-corrected chi connectivity index (χ3v) is 5.22. The second kappa shape index (κ2) is 9.66. The van der Waals surface area contributed by atoms with Gasteiger partial charge in [0.1, 0.15) is 0 Å². The summed E-state index contributed by atoms with van der Waals surface area (Å²) in [6, 6.07) is -0.320. The van der Waals surface area contributed by atoms with Crippen molar-refractivity contribution in [1.82, 2.24) is 20.1 Å². The molecule has 1 aromatic heterocycles. The van der Waals surface area contributed by atoms with E-state index in [1.54, 1.807) is 19.9 Å². The van der Waals surface area contributed by atoms with Gasteiger partial charge in [0.25, 0.3) is 0 Å². The van der Waals surface area contributed by atoms with Gasteiger partial charge in [0, 0.05) is 38.4 Å². The van der Waals surface area contributed by atoms with Crippen molar-refractivity contribution in [3.05, 3.63) is 35.2 Å². The largest absolute Gasteiger partial charge is 0.465 e. The van der Waals surface area contributed by atoms with Crippen molar-refractivity contribution in [3.8, 4) is 0 Å². The molecule has 0 saturated carbocycles. The van der Waals surface area contributed by atoms with Crippen LogP contribution in [-0.4, -0.2) is 84.9 Å². The molecule has 1 amide bonds. The van der Waals surface area contributed by atoms with Crippen molar-refractivity contribution >= 4 is 17.7 Å². The highest BCUT2D eigenvalue weighted by molar-refractivity contribution is 6.03. The van der Waals surface area contributed by atoms with Gasteiger partial charge in [-0.15, -0.1) is 6.58 Å². The summed E-state index contributed by atoms with van der Waals surface area (Å²) in [6.07, 6.45) is 1.65. The van der Waals surface area contributed by atoms with E-state index < -0.39 is 5.97 Å². The molecule has 1 saturated heterocycles. The molecule has 0 aliphatic carbocycles. The number of amides is 1. The van der Waals surface area contributed by atoms with Crippen molar-refractivity contribution < 1.29 is 19.1 Å². The van der Waals surface area contributed by atoms with E-state index in [1.807, 2.05) is 6.92 Å². The molecular formula is C20H30N4O4. The number of H-pyrrole nitrogens is 1. The number of esters is 1. The molecule has 2 rings (SSSR count). The Labute approximate surface area is 165 Å². The minimum absolute atomic E-state index is 0.0229. The Balaban J connectivity index is 1.97. The third kappa shape index (κ3) is 4.88. The van der Waals surface area contributed by atoms with Crippen LogP contribution < -0.4 is 5.32 Å². The molecule has 8 nitrogen and oxygen atoms in total. The number of nitrogens with zero attached hydrogens (tertiary/aromatic N) is 2. The molecule has 1 fully saturated rings. The number of aryl methyl sites for hydroxylation is 1. The average molecular weight is 390 g/mol. The molecule has 0 aromatic carbocycles. The van der Waals surface area contributed by atoms with E-state index in [0.29, 0.717) is 48.7 Å². The summed E-state index contributed by atoms with van der Waals surface area (Å²) in [5.41, 5.74) is 2.14. The van der Waals surface area contributed by atoms with Crippen LogP contribution in [-0.2, 0) is 9.53 Å². The number of rotatable bonds is 8. The summed E-state index contributed by atoms with van der Waals surface area (Å²) in [6.45, 7) is 12.6. The van der Waals surface area contributed by atoms with Crippen LogP contribution in [0.5, 0.6) is 0 Å². The fourth-order valence-corrected chi connectivity index (χ4v) is 3.53. The normalized spacial score (nSPS) is 16.4. The van der Waals surface area contributed by atoms with E-state index in [9.17, 15) is 14.4 Å². The van der Waals surface area contributed by atoms with Crippen molar-refractivity contribution in [1.29, 1.82) is 0 Å². The van der Waals surface area contributed by atoms with Gasteiger partial charge in [-0.1, -0.05) is 6.08 Å². The molecule has 0 bridgehead atoms. The number of nitrogens with one attached hydrogen (secondary N) is 2. The first-order valence-corrected chi connectivity index (χ1v) is 9.45. The van der Waals surface area contributed by atoms with E-state index in [2.05, 4.69) is 26.7 Å². The van der Waals surface area contributed by atoms with Crippen LogP contribution in [0.3, 0.4) is 0 Å². The molecule has 1 aliphatic heterocycles. The maximum atomic E-state index is 13.0. The van der Waals surface area contributed by atoms with E-state index in [1.165, 1.54) is 7.11 Å². The highest BCUT2D eigenvalue weighted by Crippen LogP contribution is 2.21. The number of piperazine rings is 1. The quantitative estimate of drug-likeness (QED) is 0.389. The Kier molecular flexibility index (Phi) is 7.53. The molecule has 0 radical (unpaired) electrons. The predicted octanol–water partition coefficient (Wildman–Crippen LogP) is 0.909. The number of aromatic nitrogens is 1. The van der Waals surface area contributed by atoms with Crippen molar-refractivity contribution in [2.45, 2.75) is 26.8 Å². The fourth-order valence-electron chi connectivity index (χ4n) is 3.53. The van der Waals surface area contributed by atoms with Crippen LogP contribution in [0.1, 0.15) is 39.0 Å². The molecule has 2 heterocycles. The summed E-state index contributed by atoms with van der Waals surface area (Å²) in [7, 11) is 1.33. The summed E-state index contributed by atoms with van der Waals surface area (Å²) in [5, 5.41) is 2.77. The first-order valence-electron chi connectivity index (χ1n) is 9.45. The van der Waals surface area contributed by atoms with Crippen molar-refractivity contribution in [2.75, 3.05) is 46.4 Å².